The second kappa shape index (κ2) is 23.0. The summed E-state index contributed by atoms with van der Waals surface area (Å²) in [5.74, 6) is -0.0847. The summed E-state index contributed by atoms with van der Waals surface area (Å²) in [6, 6.07) is 9.72. The van der Waals surface area contributed by atoms with E-state index in [-0.39, 0.29) is 49.8 Å². The first-order chi connectivity index (χ1) is 24.5. The molecule has 1 atom stereocenters. The minimum atomic E-state index is -3.78. The van der Waals surface area contributed by atoms with Crippen LogP contribution in [-0.4, -0.2) is 129 Å². The van der Waals surface area contributed by atoms with Crippen LogP contribution < -0.4 is 21.1 Å². The summed E-state index contributed by atoms with van der Waals surface area (Å²) < 4.78 is 50.4. The van der Waals surface area contributed by atoms with E-state index in [1.54, 1.807) is 24.3 Å². The molecular formula is C34H52Cl2N6O8S. The van der Waals surface area contributed by atoms with Gasteiger partial charge in [0, 0.05) is 68.4 Å². The molecule has 286 valence electrons. The molecule has 0 unspecified atom stereocenters. The number of carbonyl (C=O) groups excluding carboxylic acids is 2. The summed E-state index contributed by atoms with van der Waals surface area (Å²) in [5.41, 5.74) is 8.35. The SMILES string of the molecule is CCOCCOCCNC(=O)NCCCCN(CCOCCOCCNS(=O)(=O)c1cccc([C@@H]2CN(C)Cc3c(Cl)cc(Cl)cc32)c1)C(N)=O. The number of nitrogens with one attached hydrogen (secondary N) is 3. The molecule has 0 radical (unpaired) electrons. The lowest BCUT2D eigenvalue weighted by Crippen LogP contribution is -2.40. The van der Waals surface area contributed by atoms with Gasteiger partial charge < -0.3 is 45.1 Å². The Labute approximate surface area is 311 Å². The number of nitrogens with two attached hydrogens (primary N) is 1. The molecular weight excluding hydrogens is 723 g/mol. The predicted molar refractivity (Wildman–Crippen MR) is 197 cm³/mol. The number of rotatable bonds is 24. The van der Waals surface area contributed by atoms with Crippen molar-refractivity contribution >= 4 is 45.3 Å². The minimum Gasteiger partial charge on any atom is -0.379 e. The highest BCUT2D eigenvalue weighted by Crippen LogP contribution is 2.38. The largest absolute Gasteiger partial charge is 0.379 e. The summed E-state index contributed by atoms with van der Waals surface area (Å²) in [4.78, 5) is 27.4. The fraction of sp³-hybridized carbons (Fsp3) is 0.588. The van der Waals surface area contributed by atoms with Crippen LogP contribution in [0.2, 0.25) is 10.0 Å². The Balaban J connectivity index is 1.27. The number of amides is 4. The zero-order chi connectivity index (χ0) is 37.1. The van der Waals surface area contributed by atoms with Crippen molar-refractivity contribution in [1.82, 2.24) is 25.2 Å². The third kappa shape index (κ3) is 15.4. The first kappa shape index (κ1) is 42.7. The van der Waals surface area contributed by atoms with Crippen molar-refractivity contribution in [2.45, 2.75) is 37.1 Å². The number of primary amides is 1. The average molecular weight is 776 g/mol. The highest BCUT2D eigenvalue weighted by molar-refractivity contribution is 7.89. The monoisotopic (exact) mass is 774 g/mol. The van der Waals surface area contributed by atoms with Crippen LogP contribution in [-0.2, 0) is 35.5 Å². The third-order valence-corrected chi connectivity index (χ3v) is 10.1. The summed E-state index contributed by atoms with van der Waals surface area (Å²) in [7, 11) is -1.78. The minimum absolute atomic E-state index is 0.0847. The number of urea groups is 2. The second-order valence-electron chi connectivity index (χ2n) is 11.9. The van der Waals surface area contributed by atoms with E-state index in [1.165, 1.54) is 4.90 Å². The molecule has 1 aliphatic heterocycles. The number of likely N-dealkylation sites (N-methyl/N-ethyl adjacent to an activating group) is 1. The number of fused-ring (bicyclic) bond motifs is 1. The topological polar surface area (TPSA) is 174 Å². The number of nitrogens with zero attached hydrogens (tertiary/aromatic N) is 2. The van der Waals surface area contributed by atoms with E-state index in [0.29, 0.717) is 88.6 Å². The van der Waals surface area contributed by atoms with E-state index < -0.39 is 16.1 Å². The van der Waals surface area contributed by atoms with Crippen LogP contribution in [0.1, 0.15) is 42.4 Å². The zero-order valence-corrected chi connectivity index (χ0v) is 31.8. The molecule has 0 spiro atoms. The van der Waals surface area contributed by atoms with Gasteiger partial charge in [-0.05, 0) is 67.8 Å². The molecule has 0 aromatic heterocycles. The van der Waals surface area contributed by atoms with Gasteiger partial charge >= 0.3 is 12.1 Å². The number of unbranched alkanes of at least 4 members (excludes halogenated alkanes) is 1. The Hall–Kier alpha value is -2.73. The number of sulfonamides is 1. The van der Waals surface area contributed by atoms with Crippen molar-refractivity contribution in [3.05, 3.63) is 63.1 Å². The molecule has 1 aliphatic rings. The second-order valence-corrected chi connectivity index (χ2v) is 14.5. The summed E-state index contributed by atoms with van der Waals surface area (Å²) in [5, 5.41) is 6.63. The van der Waals surface area contributed by atoms with Gasteiger partial charge in [0.2, 0.25) is 10.0 Å². The molecule has 5 N–H and O–H groups in total. The van der Waals surface area contributed by atoms with E-state index in [1.807, 2.05) is 26.1 Å². The smallest absolute Gasteiger partial charge is 0.314 e. The molecule has 51 heavy (non-hydrogen) atoms. The molecule has 0 aliphatic carbocycles. The number of ether oxygens (including phenoxy) is 4. The lowest BCUT2D eigenvalue weighted by Gasteiger charge is -2.33. The standard InChI is InChI=1S/C34H52Cl2N6O8S/c1-3-47-17-18-48-14-10-39-34(44)38-9-4-5-12-42(33(37)43)13-16-50-20-19-49-15-11-40-51(45,46)28-8-6-7-26(21-28)30-24-41(2)25-31-29(30)22-27(35)23-32(31)36/h6-8,21-23,30,40H,3-5,9-20,24-25H2,1-2H3,(H2,37,43)(H2,38,39,44)/t30-/m0/s1. The quantitative estimate of drug-likeness (QED) is 0.117. The van der Waals surface area contributed by atoms with E-state index in [4.69, 9.17) is 47.9 Å². The molecule has 3 rings (SSSR count). The van der Waals surface area contributed by atoms with Crippen molar-refractivity contribution < 1.29 is 37.0 Å². The Morgan fingerprint density at radius 3 is 2.31 bits per heavy atom. The van der Waals surface area contributed by atoms with Crippen LogP contribution >= 0.6 is 23.2 Å². The summed E-state index contributed by atoms with van der Waals surface area (Å²) >= 11 is 12.8. The van der Waals surface area contributed by atoms with E-state index in [9.17, 15) is 18.0 Å². The maximum absolute atomic E-state index is 13.1. The number of benzene rings is 2. The molecule has 4 amide bonds. The van der Waals surface area contributed by atoms with Gasteiger partial charge in [-0.15, -0.1) is 0 Å². The van der Waals surface area contributed by atoms with E-state index in [0.717, 1.165) is 16.7 Å². The van der Waals surface area contributed by atoms with Gasteiger partial charge in [-0.2, -0.15) is 0 Å². The van der Waals surface area contributed by atoms with Crippen molar-refractivity contribution in [3.63, 3.8) is 0 Å². The van der Waals surface area contributed by atoms with Crippen molar-refractivity contribution in [3.8, 4) is 0 Å². The van der Waals surface area contributed by atoms with Gasteiger partial charge in [0.25, 0.3) is 0 Å². The van der Waals surface area contributed by atoms with Gasteiger partial charge in [-0.25, -0.2) is 22.7 Å². The molecule has 0 fully saturated rings. The molecule has 17 heteroatoms. The van der Waals surface area contributed by atoms with Crippen LogP contribution in [0.3, 0.4) is 0 Å². The van der Waals surface area contributed by atoms with Crippen LogP contribution in [0.5, 0.6) is 0 Å². The van der Waals surface area contributed by atoms with Crippen LogP contribution in [0, 0.1) is 0 Å². The Morgan fingerprint density at radius 2 is 1.59 bits per heavy atom. The Kier molecular flexibility index (Phi) is 19.3. The molecule has 0 saturated carbocycles. The number of hydrogen-bond acceptors (Lipinski definition) is 9. The fourth-order valence-corrected chi connectivity index (χ4v) is 7.12. The summed E-state index contributed by atoms with van der Waals surface area (Å²) in [6.07, 6.45) is 1.33. The Morgan fingerprint density at radius 1 is 0.902 bits per heavy atom. The number of hydrogen-bond donors (Lipinski definition) is 4. The van der Waals surface area contributed by atoms with Crippen LogP contribution in [0.25, 0.3) is 0 Å². The molecule has 0 saturated heterocycles. The van der Waals surface area contributed by atoms with Gasteiger partial charge in [0.05, 0.1) is 51.1 Å². The fourth-order valence-electron chi connectivity index (χ4n) is 5.48. The van der Waals surface area contributed by atoms with Crippen molar-refractivity contribution in [2.75, 3.05) is 99.2 Å². The molecule has 2 aromatic rings. The number of carbonyl (C=O) groups is 2. The molecule has 1 heterocycles. The molecule has 2 aromatic carbocycles. The first-order valence-electron chi connectivity index (χ1n) is 17.1. The number of halogens is 2. The highest BCUT2D eigenvalue weighted by Gasteiger charge is 2.28. The molecule has 14 nitrogen and oxygen atoms in total. The third-order valence-electron chi connectivity index (χ3n) is 8.04. The Bertz CT molecular complexity index is 1490. The normalized spacial score (nSPS) is 14.6. The van der Waals surface area contributed by atoms with Crippen LogP contribution in [0.4, 0.5) is 9.59 Å². The van der Waals surface area contributed by atoms with Crippen molar-refractivity contribution in [1.29, 1.82) is 0 Å². The first-order valence-corrected chi connectivity index (χ1v) is 19.4. The lowest BCUT2D eigenvalue weighted by molar-refractivity contribution is 0.0438. The highest BCUT2D eigenvalue weighted by atomic mass is 35.5. The zero-order valence-electron chi connectivity index (χ0n) is 29.5. The van der Waals surface area contributed by atoms with Crippen LogP contribution in [0.15, 0.2) is 41.3 Å². The predicted octanol–water partition coefficient (Wildman–Crippen LogP) is 3.40. The van der Waals surface area contributed by atoms with Gasteiger partial charge in [0.15, 0.2) is 0 Å². The lowest BCUT2D eigenvalue weighted by atomic mass is 9.85. The van der Waals surface area contributed by atoms with E-state index in [2.05, 4.69) is 20.3 Å². The maximum Gasteiger partial charge on any atom is 0.314 e. The van der Waals surface area contributed by atoms with Gasteiger partial charge in [-0.1, -0.05) is 35.3 Å². The molecule has 0 bridgehead atoms. The van der Waals surface area contributed by atoms with E-state index >= 15 is 0 Å². The van der Waals surface area contributed by atoms with Gasteiger partial charge in [-0.3, -0.25) is 0 Å². The average Bonchev–Trinajstić information content (AvgIpc) is 3.09. The maximum atomic E-state index is 13.1. The summed E-state index contributed by atoms with van der Waals surface area (Å²) in [6.45, 7) is 7.99. The van der Waals surface area contributed by atoms with Crippen molar-refractivity contribution in [2.24, 2.45) is 5.73 Å². The van der Waals surface area contributed by atoms with Gasteiger partial charge in [0.1, 0.15) is 0 Å².